The Labute approximate surface area is 412 Å². The quantitative estimate of drug-likeness (QED) is 0.0331. The van der Waals surface area contributed by atoms with Crippen molar-refractivity contribution < 1.29 is 46.0 Å². The number of amides is 3. The molecule has 14 nitrogen and oxygen atoms in total. The van der Waals surface area contributed by atoms with E-state index in [1.165, 1.54) is 6.92 Å². The fraction of sp³-hybridized carbons (Fsp3) is 0.935. The Balaban J connectivity index is 2.95. The maximum absolute atomic E-state index is 15.4. The molecular formula is C46H98N4O10SSi5. The van der Waals surface area contributed by atoms with E-state index in [2.05, 4.69) is 132 Å². The normalized spacial score (nSPS) is 26.8. The van der Waals surface area contributed by atoms with Crippen molar-refractivity contribution in [3.8, 4) is 0 Å². The number of nitrogens with two attached hydrogens (primary N) is 1. The number of thiol groups is 1. The van der Waals surface area contributed by atoms with E-state index in [1.54, 1.807) is 0 Å². The number of carbonyl (C=O) groups excluding carboxylic acids is 3. The molecule has 10 atom stereocenters. The highest BCUT2D eigenvalue weighted by atomic mass is 32.1. The average molecular weight is 1040 g/mol. The van der Waals surface area contributed by atoms with Crippen LogP contribution in [0, 0.1) is 0 Å². The molecule has 2 saturated heterocycles. The first kappa shape index (κ1) is 61.6. The lowest BCUT2D eigenvalue weighted by atomic mass is 9.91. The summed E-state index contributed by atoms with van der Waals surface area (Å²) in [6.07, 6.45) is -7.04. The highest BCUT2D eigenvalue weighted by molar-refractivity contribution is 7.78. The second-order valence-corrected chi connectivity index (χ2v) is 42.8. The largest absolute Gasteiger partial charge is 0.409 e. The molecule has 8 unspecified atom stereocenters. The number of ether oxygens (including phenoxy) is 2. The molecule has 2 fully saturated rings. The molecule has 0 saturated carbocycles. The van der Waals surface area contributed by atoms with Gasteiger partial charge in [-0.05, 0) is 90.7 Å². The lowest BCUT2D eigenvalue weighted by molar-refractivity contribution is -0.208. The van der Waals surface area contributed by atoms with E-state index in [-0.39, 0.29) is 24.9 Å². The summed E-state index contributed by atoms with van der Waals surface area (Å²) in [7, 11) is -11.9. The molecule has 0 aromatic heterocycles. The van der Waals surface area contributed by atoms with Gasteiger partial charge in [-0.1, -0.05) is 117 Å². The summed E-state index contributed by atoms with van der Waals surface area (Å²) in [4.78, 5) is 42.2. The van der Waals surface area contributed by atoms with Gasteiger partial charge in [-0.3, -0.25) is 14.4 Å². The van der Waals surface area contributed by atoms with Crippen molar-refractivity contribution in [3.63, 3.8) is 0 Å². The Morgan fingerprint density at radius 3 is 1.12 bits per heavy atom. The molecule has 3 amide bonds. The van der Waals surface area contributed by atoms with Crippen molar-refractivity contribution in [1.29, 1.82) is 0 Å². The SMILES string of the molecule is CC[Si](CC)(CC)OC1C(CN)OC(C(=O)NC[C@H]2O[C@@H](C(=O)NS)C(NC(C)=O)C(O[Si](CC)(CC)CC)C2O[Si](CC)(CC)CC)C(O[Si](CC)(CC)CC)C1O[Si](CC)(CC)CC. The Hall–Kier alpha value is -0.476. The molecule has 2 aliphatic heterocycles. The number of hydrogen-bond acceptors (Lipinski definition) is 12. The van der Waals surface area contributed by atoms with E-state index in [9.17, 15) is 9.59 Å². The van der Waals surface area contributed by atoms with Crippen LogP contribution in [0.1, 0.15) is 111 Å². The molecule has 66 heavy (non-hydrogen) atoms. The third-order valence-corrected chi connectivity index (χ3v) is 40.0. The van der Waals surface area contributed by atoms with Crippen molar-refractivity contribution in [2.45, 2.75) is 262 Å². The van der Waals surface area contributed by atoms with E-state index < -0.39 is 108 Å². The van der Waals surface area contributed by atoms with Crippen LogP contribution in [0.15, 0.2) is 0 Å². The van der Waals surface area contributed by atoms with Crippen LogP contribution in [0.3, 0.4) is 0 Å². The molecule has 0 spiro atoms. The van der Waals surface area contributed by atoms with Gasteiger partial charge in [0.2, 0.25) is 5.91 Å². The molecule has 0 aromatic carbocycles. The van der Waals surface area contributed by atoms with Gasteiger partial charge < -0.3 is 52.7 Å². The average Bonchev–Trinajstić information content (AvgIpc) is 3.35. The molecule has 0 radical (unpaired) electrons. The fourth-order valence-corrected chi connectivity index (χ4v) is 24.9. The minimum absolute atomic E-state index is 0.0224. The van der Waals surface area contributed by atoms with Crippen LogP contribution in [0.2, 0.25) is 90.7 Å². The smallest absolute Gasteiger partial charge is 0.261 e. The minimum atomic E-state index is -2.42. The maximum atomic E-state index is 15.4. The van der Waals surface area contributed by atoms with Gasteiger partial charge in [-0.2, -0.15) is 0 Å². The number of carbonyl (C=O) groups is 3. The predicted molar refractivity (Wildman–Crippen MR) is 284 cm³/mol. The van der Waals surface area contributed by atoms with Crippen LogP contribution in [-0.4, -0.2) is 133 Å². The Morgan fingerprint density at radius 2 is 0.788 bits per heavy atom. The van der Waals surface area contributed by atoms with E-state index in [4.69, 9.17) is 37.3 Å². The van der Waals surface area contributed by atoms with Gasteiger partial charge in [0, 0.05) is 20.0 Å². The summed E-state index contributed by atoms with van der Waals surface area (Å²) in [5.41, 5.74) is 6.67. The summed E-state index contributed by atoms with van der Waals surface area (Å²) in [6.45, 7) is 34.4. The van der Waals surface area contributed by atoms with Crippen molar-refractivity contribution >= 4 is 72.1 Å². The first-order valence-electron chi connectivity index (χ1n) is 26.2. The lowest BCUT2D eigenvalue weighted by Gasteiger charge is -2.53. The van der Waals surface area contributed by atoms with Gasteiger partial charge in [-0.15, -0.1) is 0 Å². The first-order chi connectivity index (χ1) is 31.4. The summed E-state index contributed by atoms with van der Waals surface area (Å²) in [5.74, 6) is -1.22. The molecule has 2 rings (SSSR count). The van der Waals surface area contributed by atoms with Gasteiger partial charge >= 0.3 is 0 Å². The molecule has 20 heteroatoms. The third-order valence-electron chi connectivity index (χ3n) is 16.6. The Kier molecular flexibility index (Phi) is 26.7. The van der Waals surface area contributed by atoms with Gasteiger partial charge in [0.1, 0.15) is 24.4 Å². The van der Waals surface area contributed by atoms with Gasteiger partial charge in [0.25, 0.3) is 11.8 Å². The fourth-order valence-electron chi connectivity index (χ4n) is 10.5. The zero-order valence-corrected chi connectivity index (χ0v) is 50.3. The number of hydrogen-bond donors (Lipinski definition) is 5. The molecule has 2 heterocycles. The zero-order valence-electron chi connectivity index (χ0n) is 44.4. The van der Waals surface area contributed by atoms with E-state index in [0.717, 1.165) is 90.7 Å². The second kappa shape index (κ2) is 28.5. The number of nitrogens with one attached hydrogen (secondary N) is 3. The second-order valence-electron chi connectivity index (χ2n) is 19.0. The summed E-state index contributed by atoms with van der Waals surface area (Å²) >= 11 is 4.17. The van der Waals surface area contributed by atoms with Crippen molar-refractivity contribution in [1.82, 2.24) is 15.4 Å². The van der Waals surface area contributed by atoms with Crippen LogP contribution < -0.4 is 21.1 Å². The van der Waals surface area contributed by atoms with Crippen LogP contribution in [0.4, 0.5) is 0 Å². The molecular weight excluding hydrogens is 941 g/mol. The summed E-state index contributed by atoms with van der Waals surface area (Å²) in [6, 6.07) is 12.3. The molecule has 0 aliphatic carbocycles. The van der Waals surface area contributed by atoms with Gasteiger partial charge in [0.15, 0.2) is 53.8 Å². The summed E-state index contributed by atoms with van der Waals surface area (Å²) < 4.78 is 53.6. The highest BCUT2D eigenvalue weighted by Crippen LogP contribution is 2.40. The van der Waals surface area contributed by atoms with Crippen molar-refractivity contribution in [3.05, 3.63) is 0 Å². The van der Waals surface area contributed by atoms with Crippen LogP contribution in [0.5, 0.6) is 0 Å². The van der Waals surface area contributed by atoms with Crippen LogP contribution in [-0.2, 0) is 46.0 Å². The minimum Gasteiger partial charge on any atom is -0.409 e. The van der Waals surface area contributed by atoms with Crippen molar-refractivity contribution in [2.75, 3.05) is 13.1 Å². The molecule has 0 aromatic rings. The third kappa shape index (κ3) is 14.6. The monoisotopic (exact) mass is 1040 g/mol. The van der Waals surface area contributed by atoms with E-state index >= 15 is 4.79 Å². The van der Waals surface area contributed by atoms with Crippen LogP contribution >= 0.6 is 12.8 Å². The number of rotatable bonds is 31. The maximum Gasteiger partial charge on any atom is 0.261 e. The Morgan fingerprint density at radius 1 is 0.470 bits per heavy atom. The molecule has 5 N–H and O–H groups in total. The molecule has 0 bridgehead atoms. The van der Waals surface area contributed by atoms with Gasteiger partial charge in [-0.25, -0.2) is 0 Å². The first-order valence-corrected chi connectivity index (χ1v) is 39.3. The topological polar surface area (TPSA) is 178 Å². The molecule has 2 aliphatic rings. The highest BCUT2D eigenvalue weighted by Gasteiger charge is 2.57. The van der Waals surface area contributed by atoms with E-state index in [1.807, 2.05) is 0 Å². The van der Waals surface area contributed by atoms with Crippen LogP contribution in [0.25, 0.3) is 0 Å². The predicted octanol–water partition coefficient (Wildman–Crippen LogP) is 9.01. The Bertz CT molecular complexity index is 1420. The lowest BCUT2D eigenvalue weighted by Crippen LogP contribution is -2.72. The van der Waals surface area contributed by atoms with E-state index in [0.29, 0.717) is 0 Å². The summed E-state index contributed by atoms with van der Waals surface area (Å²) in [5, 5.41) is 6.32. The molecule has 388 valence electrons. The zero-order chi connectivity index (χ0) is 50.1. The van der Waals surface area contributed by atoms with Gasteiger partial charge in [0.05, 0.1) is 24.4 Å². The standard InChI is InChI=1S/C46H98N4O10SSi5/c1-17-62(18-2,19-3)56-38-35(32-47)54-44(43(60-66(29-13,30-14)31-15)42(38)59-65(26-10,27-11)28-12)45(52)48-33-36-39(57-63(20-4,21-5)22-6)40(58-64(23-7,24-8)25-9)37(49-34(16)51)41(55-36)46(53)50-61/h35-44,61H,17-33,47H2,1-16H3,(H,48,52)(H,49,51)(H,50,53)/t35?,36-,37?,38?,39?,40?,41-,42?,43?,44?/m1/s1. The van der Waals surface area contributed by atoms with Crippen molar-refractivity contribution in [2.24, 2.45) is 5.73 Å².